The van der Waals surface area contributed by atoms with Crippen LogP contribution in [0.3, 0.4) is 0 Å². The van der Waals surface area contributed by atoms with E-state index in [1.165, 1.54) is 24.2 Å². The average molecular weight is 307 g/mol. The van der Waals surface area contributed by atoms with Crippen LogP contribution < -0.4 is 0 Å². The number of halogens is 1. The van der Waals surface area contributed by atoms with Crippen molar-refractivity contribution in [1.29, 1.82) is 0 Å². The fourth-order valence-corrected chi connectivity index (χ4v) is 2.01. The molecule has 108 valence electrons. The number of pyridine rings is 2. The van der Waals surface area contributed by atoms with Crippen molar-refractivity contribution in [3.05, 3.63) is 63.2 Å². The lowest BCUT2D eigenvalue weighted by atomic mass is 10.2. The fraction of sp³-hybridized carbons (Fsp3) is 0.154. The SMILES string of the molecule is CN(Cc1ccccn1)C(=O)c1ccnc(Cl)c1[N+](=O)[O-]. The van der Waals surface area contributed by atoms with E-state index in [-0.39, 0.29) is 17.3 Å². The van der Waals surface area contributed by atoms with Gasteiger partial charge in [0, 0.05) is 19.4 Å². The van der Waals surface area contributed by atoms with Crippen LogP contribution in [0.4, 0.5) is 5.69 Å². The highest BCUT2D eigenvalue weighted by molar-refractivity contribution is 6.32. The van der Waals surface area contributed by atoms with Gasteiger partial charge < -0.3 is 4.90 Å². The van der Waals surface area contributed by atoms with Crippen LogP contribution in [-0.4, -0.2) is 32.7 Å². The lowest BCUT2D eigenvalue weighted by Gasteiger charge is -2.16. The van der Waals surface area contributed by atoms with Crippen molar-refractivity contribution < 1.29 is 9.72 Å². The standard InChI is InChI=1S/C13H11ClN4O3/c1-17(8-9-4-2-3-6-15-9)13(19)10-5-7-16-12(14)11(10)18(20)21/h2-7H,8H2,1H3. The van der Waals surface area contributed by atoms with Crippen molar-refractivity contribution in [2.45, 2.75) is 6.54 Å². The van der Waals surface area contributed by atoms with Crippen molar-refractivity contribution in [2.75, 3.05) is 7.05 Å². The number of carbonyl (C=O) groups excluding carboxylic acids is 1. The minimum Gasteiger partial charge on any atom is -0.336 e. The number of rotatable bonds is 4. The highest BCUT2D eigenvalue weighted by Gasteiger charge is 2.26. The van der Waals surface area contributed by atoms with Gasteiger partial charge in [-0.05, 0) is 18.2 Å². The monoisotopic (exact) mass is 306 g/mol. The summed E-state index contributed by atoms with van der Waals surface area (Å²) in [5, 5.41) is 10.7. The highest BCUT2D eigenvalue weighted by Crippen LogP contribution is 2.27. The van der Waals surface area contributed by atoms with Gasteiger partial charge in [-0.15, -0.1) is 0 Å². The molecule has 0 unspecified atom stereocenters. The minimum absolute atomic E-state index is 0.0987. The fourth-order valence-electron chi connectivity index (χ4n) is 1.79. The van der Waals surface area contributed by atoms with Crippen molar-refractivity contribution in [3.8, 4) is 0 Å². The van der Waals surface area contributed by atoms with Crippen molar-refractivity contribution >= 4 is 23.2 Å². The van der Waals surface area contributed by atoms with Gasteiger partial charge in [0.25, 0.3) is 5.91 Å². The molecule has 0 aliphatic heterocycles. The van der Waals surface area contributed by atoms with Gasteiger partial charge in [-0.25, -0.2) is 4.98 Å². The summed E-state index contributed by atoms with van der Waals surface area (Å²) >= 11 is 5.70. The van der Waals surface area contributed by atoms with Crippen LogP contribution in [0.25, 0.3) is 0 Å². The molecule has 2 aromatic rings. The van der Waals surface area contributed by atoms with Crippen molar-refractivity contribution in [1.82, 2.24) is 14.9 Å². The Morgan fingerprint density at radius 1 is 1.33 bits per heavy atom. The molecule has 0 radical (unpaired) electrons. The predicted molar refractivity (Wildman–Crippen MR) is 75.9 cm³/mol. The lowest BCUT2D eigenvalue weighted by Crippen LogP contribution is -2.27. The summed E-state index contributed by atoms with van der Waals surface area (Å²) in [6, 6.07) is 6.60. The van der Waals surface area contributed by atoms with Crippen LogP contribution in [0, 0.1) is 10.1 Å². The third kappa shape index (κ3) is 3.32. The molecule has 2 heterocycles. The summed E-state index contributed by atoms with van der Waals surface area (Å²) < 4.78 is 0. The van der Waals surface area contributed by atoms with E-state index in [2.05, 4.69) is 9.97 Å². The van der Waals surface area contributed by atoms with E-state index < -0.39 is 16.5 Å². The van der Waals surface area contributed by atoms with E-state index in [0.717, 1.165) is 0 Å². The molecule has 0 aliphatic rings. The zero-order valence-electron chi connectivity index (χ0n) is 11.1. The van der Waals surface area contributed by atoms with Crippen molar-refractivity contribution in [2.24, 2.45) is 0 Å². The van der Waals surface area contributed by atoms with Gasteiger partial charge in [-0.3, -0.25) is 19.9 Å². The summed E-state index contributed by atoms with van der Waals surface area (Å²) in [6.45, 7) is 0.233. The van der Waals surface area contributed by atoms with Crippen LogP contribution in [0.15, 0.2) is 36.7 Å². The Labute approximate surface area is 125 Å². The maximum atomic E-state index is 12.3. The normalized spacial score (nSPS) is 10.2. The molecule has 21 heavy (non-hydrogen) atoms. The minimum atomic E-state index is -0.711. The molecule has 0 saturated heterocycles. The zero-order chi connectivity index (χ0) is 15.4. The number of aromatic nitrogens is 2. The van der Waals surface area contributed by atoms with Crippen LogP contribution >= 0.6 is 11.6 Å². The molecule has 1 amide bonds. The first-order valence-corrected chi connectivity index (χ1v) is 6.32. The van der Waals surface area contributed by atoms with E-state index in [4.69, 9.17) is 11.6 Å². The molecule has 0 fully saturated rings. The number of nitrogens with zero attached hydrogens (tertiary/aromatic N) is 4. The Hall–Kier alpha value is -2.54. The second kappa shape index (κ2) is 6.27. The lowest BCUT2D eigenvalue weighted by molar-refractivity contribution is -0.385. The van der Waals surface area contributed by atoms with Gasteiger partial charge >= 0.3 is 5.69 Å². The van der Waals surface area contributed by atoms with Crippen LogP contribution in [-0.2, 0) is 6.54 Å². The average Bonchev–Trinajstić information content (AvgIpc) is 2.46. The molecular weight excluding hydrogens is 296 g/mol. The molecule has 0 bridgehead atoms. The molecule has 0 N–H and O–H groups in total. The van der Waals surface area contributed by atoms with E-state index in [1.54, 1.807) is 24.4 Å². The first kappa shape index (κ1) is 14.9. The number of amides is 1. The smallest absolute Gasteiger partial charge is 0.319 e. The third-order valence-corrected chi connectivity index (χ3v) is 3.04. The summed E-state index contributed by atoms with van der Waals surface area (Å²) in [5.41, 5.74) is 0.0895. The van der Waals surface area contributed by atoms with E-state index in [0.29, 0.717) is 5.69 Å². The van der Waals surface area contributed by atoms with Gasteiger partial charge in [0.05, 0.1) is 17.2 Å². The van der Waals surface area contributed by atoms with Gasteiger partial charge in [-0.2, -0.15) is 0 Å². The first-order chi connectivity index (χ1) is 10.0. The molecule has 0 atom stereocenters. The number of hydrogen-bond donors (Lipinski definition) is 0. The molecule has 0 aliphatic carbocycles. The van der Waals surface area contributed by atoms with E-state index in [1.807, 2.05) is 0 Å². The molecule has 2 rings (SSSR count). The van der Waals surface area contributed by atoms with Crippen LogP contribution in [0.5, 0.6) is 0 Å². The second-order valence-corrected chi connectivity index (χ2v) is 4.60. The Bertz CT molecular complexity index is 678. The number of hydrogen-bond acceptors (Lipinski definition) is 5. The largest absolute Gasteiger partial charge is 0.336 e. The highest BCUT2D eigenvalue weighted by atomic mass is 35.5. The summed E-state index contributed by atoms with van der Waals surface area (Å²) in [7, 11) is 1.54. The second-order valence-electron chi connectivity index (χ2n) is 4.24. The van der Waals surface area contributed by atoms with Crippen LogP contribution in [0.2, 0.25) is 5.15 Å². The molecule has 0 saturated carbocycles. The third-order valence-electron chi connectivity index (χ3n) is 2.76. The quantitative estimate of drug-likeness (QED) is 0.491. The van der Waals surface area contributed by atoms with Gasteiger partial charge in [-0.1, -0.05) is 17.7 Å². The molecule has 0 spiro atoms. The molecule has 7 nitrogen and oxygen atoms in total. The molecule has 0 aromatic carbocycles. The van der Waals surface area contributed by atoms with Crippen molar-refractivity contribution in [3.63, 3.8) is 0 Å². The first-order valence-electron chi connectivity index (χ1n) is 5.95. The van der Waals surface area contributed by atoms with Gasteiger partial charge in [0.2, 0.25) is 5.15 Å². The Morgan fingerprint density at radius 3 is 2.71 bits per heavy atom. The maximum Gasteiger partial charge on any atom is 0.319 e. The Balaban J connectivity index is 2.28. The molecule has 8 heteroatoms. The maximum absolute atomic E-state index is 12.3. The summed E-state index contributed by atoms with van der Waals surface area (Å²) in [5.74, 6) is -0.517. The Kier molecular flexibility index (Phi) is 4.44. The van der Waals surface area contributed by atoms with Gasteiger partial charge in [0.1, 0.15) is 5.56 Å². The number of nitro groups is 1. The summed E-state index contributed by atoms with van der Waals surface area (Å²) in [4.78, 5) is 31.7. The molecule has 2 aromatic heterocycles. The predicted octanol–water partition coefficient (Wildman–Crippen LogP) is 2.31. The molecular formula is C13H11ClN4O3. The van der Waals surface area contributed by atoms with Crippen LogP contribution in [0.1, 0.15) is 16.1 Å². The van der Waals surface area contributed by atoms with E-state index in [9.17, 15) is 14.9 Å². The number of carbonyl (C=O) groups is 1. The summed E-state index contributed by atoms with van der Waals surface area (Å²) in [6.07, 6.45) is 2.87. The van der Waals surface area contributed by atoms with Gasteiger partial charge in [0.15, 0.2) is 0 Å². The Morgan fingerprint density at radius 2 is 2.10 bits per heavy atom. The topological polar surface area (TPSA) is 89.2 Å². The van der Waals surface area contributed by atoms with E-state index >= 15 is 0 Å². The zero-order valence-corrected chi connectivity index (χ0v) is 11.8.